The number of nitrogens with two attached hydrogens (primary N) is 1. The number of carbonyl (C=O) groups excluding carboxylic acids is 1. The Morgan fingerprint density at radius 3 is 3.05 bits per heavy atom. The molecule has 0 spiro atoms. The van der Waals surface area contributed by atoms with E-state index in [1.807, 2.05) is 29.2 Å². The summed E-state index contributed by atoms with van der Waals surface area (Å²) in [5.41, 5.74) is 7.94. The first kappa shape index (κ1) is 14.1. The van der Waals surface area contributed by atoms with Gasteiger partial charge in [-0.2, -0.15) is 0 Å². The zero-order valence-electron chi connectivity index (χ0n) is 12.2. The van der Waals surface area contributed by atoms with Gasteiger partial charge in [0.1, 0.15) is 5.82 Å². The fourth-order valence-electron chi connectivity index (χ4n) is 2.88. The van der Waals surface area contributed by atoms with Gasteiger partial charge >= 0.3 is 0 Å². The first-order valence-corrected chi connectivity index (χ1v) is 7.69. The smallest absolute Gasteiger partial charge is 0.223 e. The van der Waals surface area contributed by atoms with Crippen molar-refractivity contribution in [2.24, 2.45) is 5.73 Å². The van der Waals surface area contributed by atoms with Crippen LogP contribution in [-0.2, 0) is 11.2 Å². The van der Waals surface area contributed by atoms with Gasteiger partial charge in [0.2, 0.25) is 5.91 Å². The molecule has 1 saturated heterocycles. The summed E-state index contributed by atoms with van der Waals surface area (Å²) in [5, 5.41) is 0. The maximum Gasteiger partial charge on any atom is 0.223 e. The Balaban J connectivity index is 1.57. The second kappa shape index (κ2) is 6.26. The molecule has 1 atom stereocenters. The van der Waals surface area contributed by atoms with E-state index in [9.17, 15) is 4.79 Å². The minimum atomic E-state index is 0.213. The Hall–Kier alpha value is -1.88. The van der Waals surface area contributed by atoms with Crippen LogP contribution in [0.2, 0.25) is 0 Å². The summed E-state index contributed by atoms with van der Waals surface area (Å²) in [7, 11) is 0. The Morgan fingerprint density at radius 2 is 2.19 bits per heavy atom. The van der Waals surface area contributed by atoms with Crippen molar-refractivity contribution in [3.63, 3.8) is 0 Å². The Kier molecular flexibility index (Phi) is 4.20. The summed E-state index contributed by atoms with van der Waals surface area (Å²) in [4.78, 5) is 22.0. The molecule has 3 N–H and O–H groups in total. The average molecular weight is 286 g/mol. The summed E-state index contributed by atoms with van der Waals surface area (Å²) in [6, 6.07) is 8.18. The Bertz CT molecular complexity index is 589. The summed E-state index contributed by atoms with van der Waals surface area (Å²) in [6.07, 6.45) is 4.12. The summed E-state index contributed by atoms with van der Waals surface area (Å²) < 4.78 is 0. The third-order valence-corrected chi connectivity index (χ3v) is 4.14. The molecule has 0 saturated carbocycles. The van der Waals surface area contributed by atoms with Crippen LogP contribution < -0.4 is 5.73 Å². The van der Waals surface area contributed by atoms with Crippen molar-refractivity contribution in [1.29, 1.82) is 0 Å². The molecule has 0 unspecified atom stereocenters. The van der Waals surface area contributed by atoms with Crippen molar-refractivity contribution >= 4 is 16.9 Å². The number of carbonyl (C=O) groups is 1. The predicted octanol–water partition coefficient (Wildman–Crippen LogP) is 1.84. The highest BCUT2D eigenvalue weighted by Crippen LogP contribution is 2.13. The SMILES string of the molecule is N[C@H]1CCCN(C(=O)CCc2nc3ccccc3[nH]2)CC1. The van der Waals surface area contributed by atoms with Crippen LogP contribution >= 0.6 is 0 Å². The second-order valence-corrected chi connectivity index (χ2v) is 5.77. The van der Waals surface area contributed by atoms with E-state index >= 15 is 0 Å². The largest absolute Gasteiger partial charge is 0.343 e. The number of hydrogen-bond donors (Lipinski definition) is 2. The van der Waals surface area contributed by atoms with Crippen LogP contribution in [0.5, 0.6) is 0 Å². The van der Waals surface area contributed by atoms with Crippen LogP contribution in [0.4, 0.5) is 0 Å². The number of H-pyrrole nitrogens is 1. The number of nitrogens with one attached hydrogen (secondary N) is 1. The molecular formula is C16H22N4O. The Labute approximate surface area is 124 Å². The molecule has 5 nitrogen and oxygen atoms in total. The van der Waals surface area contributed by atoms with E-state index in [4.69, 9.17) is 5.73 Å². The molecular weight excluding hydrogens is 264 g/mol. The lowest BCUT2D eigenvalue weighted by Crippen LogP contribution is -2.33. The topological polar surface area (TPSA) is 75.0 Å². The van der Waals surface area contributed by atoms with Crippen LogP contribution in [0.25, 0.3) is 11.0 Å². The van der Waals surface area contributed by atoms with Gasteiger partial charge in [-0.15, -0.1) is 0 Å². The highest BCUT2D eigenvalue weighted by Gasteiger charge is 2.18. The van der Waals surface area contributed by atoms with E-state index in [2.05, 4.69) is 9.97 Å². The number of aryl methyl sites for hydroxylation is 1. The van der Waals surface area contributed by atoms with Crippen LogP contribution in [-0.4, -0.2) is 39.9 Å². The van der Waals surface area contributed by atoms with Gasteiger partial charge in [0.15, 0.2) is 0 Å². The molecule has 2 heterocycles. The summed E-state index contributed by atoms with van der Waals surface area (Å²) in [5.74, 6) is 1.10. The number of amides is 1. The monoisotopic (exact) mass is 286 g/mol. The fourth-order valence-corrected chi connectivity index (χ4v) is 2.88. The minimum Gasteiger partial charge on any atom is -0.343 e. The van der Waals surface area contributed by atoms with E-state index in [1.54, 1.807) is 0 Å². The van der Waals surface area contributed by atoms with Crippen molar-refractivity contribution in [2.75, 3.05) is 13.1 Å². The predicted molar refractivity (Wildman–Crippen MR) is 82.8 cm³/mol. The van der Waals surface area contributed by atoms with Gasteiger partial charge in [0.25, 0.3) is 0 Å². The fraction of sp³-hybridized carbons (Fsp3) is 0.500. The highest BCUT2D eigenvalue weighted by atomic mass is 16.2. The van der Waals surface area contributed by atoms with Crippen LogP contribution in [0.15, 0.2) is 24.3 Å². The molecule has 1 amide bonds. The maximum absolute atomic E-state index is 12.3. The highest BCUT2D eigenvalue weighted by molar-refractivity contribution is 5.77. The number of hydrogen-bond acceptors (Lipinski definition) is 3. The number of aromatic nitrogens is 2. The molecule has 1 fully saturated rings. The van der Waals surface area contributed by atoms with Crippen LogP contribution in [0, 0.1) is 0 Å². The number of benzene rings is 1. The van der Waals surface area contributed by atoms with Crippen molar-refractivity contribution in [2.45, 2.75) is 38.1 Å². The average Bonchev–Trinajstić information content (AvgIpc) is 2.78. The molecule has 1 aliphatic heterocycles. The number of rotatable bonds is 3. The number of nitrogens with zero attached hydrogens (tertiary/aromatic N) is 2. The van der Waals surface area contributed by atoms with E-state index in [0.29, 0.717) is 12.8 Å². The minimum absolute atomic E-state index is 0.213. The second-order valence-electron chi connectivity index (χ2n) is 5.77. The third kappa shape index (κ3) is 3.42. The number of likely N-dealkylation sites (tertiary alicyclic amines) is 1. The Morgan fingerprint density at radius 1 is 1.33 bits per heavy atom. The molecule has 1 aliphatic rings. The lowest BCUT2D eigenvalue weighted by molar-refractivity contribution is -0.131. The summed E-state index contributed by atoms with van der Waals surface area (Å²) in [6.45, 7) is 1.63. The first-order chi connectivity index (χ1) is 10.2. The third-order valence-electron chi connectivity index (χ3n) is 4.14. The van der Waals surface area contributed by atoms with Gasteiger partial charge in [-0.3, -0.25) is 4.79 Å². The lowest BCUT2D eigenvalue weighted by atomic mass is 10.1. The molecule has 1 aromatic heterocycles. The molecule has 3 rings (SSSR count). The maximum atomic E-state index is 12.3. The lowest BCUT2D eigenvalue weighted by Gasteiger charge is -2.20. The van der Waals surface area contributed by atoms with Gasteiger partial charge < -0.3 is 15.6 Å². The van der Waals surface area contributed by atoms with Gasteiger partial charge in [-0.05, 0) is 31.4 Å². The molecule has 2 aromatic rings. The molecule has 21 heavy (non-hydrogen) atoms. The van der Waals surface area contributed by atoms with Crippen LogP contribution in [0.3, 0.4) is 0 Å². The normalized spacial score (nSPS) is 19.7. The molecule has 5 heteroatoms. The van der Waals surface area contributed by atoms with E-state index in [0.717, 1.165) is 49.2 Å². The standard InChI is InChI=1S/C16H22N4O/c17-12-4-3-10-20(11-9-12)16(21)8-7-15-18-13-5-1-2-6-14(13)19-15/h1-2,5-6,12H,3-4,7-11,17H2,(H,18,19)/t12-/m0/s1. The van der Waals surface area contributed by atoms with Gasteiger partial charge in [-0.1, -0.05) is 12.1 Å². The van der Waals surface area contributed by atoms with Gasteiger partial charge in [-0.25, -0.2) is 4.98 Å². The van der Waals surface area contributed by atoms with Gasteiger partial charge in [0.05, 0.1) is 11.0 Å². The number of fused-ring (bicyclic) bond motifs is 1. The van der Waals surface area contributed by atoms with Crippen molar-refractivity contribution in [3.05, 3.63) is 30.1 Å². The quantitative estimate of drug-likeness (QED) is 0.904. The number of aromatic amines is 1. The molecule has 1 aromatic carbocycles. The first-order valence-electron chi connectivity index (χ1n) is 7.69. The van der Waals surface area contributed by atoms with Gasteiger partial charge in [0, 0.05) is 32.0 Å². The molecule has 0 radical (unpaired) electrons. The van der Waals surface area contributed by atoms with E-state index in [-0.39, 0.29) is 11.9 Å². The number of para-hydroxylation sites is 2. The summed E-state index contributed by atoms with van der Waals surface area (Å²) >= 11 is 0. The molecule has 0 bridgehead atoms. The van der Waals surface area contributed by atoms with Crippen LogP contribution in [0.1, 0.15) is 31.5 Å². The zero-order chi connectivity index (χ0) is 14.7. The number of imidazole rings is 1. The van der Waals surface area contributed by atoms with Crippen molar-refractivity contribution < 1.29 is 4.79 Å². The van der Waals surface area contributed by atoms with E-state index < -0.39 is 0 Å². The zero-order valence-corrected chi connectivity index (χ0v) is 12.2. The molecule has 0 aliphatic carbocycles. The van der Waals surface area contributed by atoms with Crippen molar-refractivity contribution in [1.82, 2.24) is 14.9 Å². The molecule has 112 valence electrons. The van der Waals surface area contributed by atoms with E-state index in [1.165, 1.54) is 0 Å². The van der Waals surface area contributed by atoms with Crippen molar-refractivity contribution in [3.8, 4) is 0 Å².